The van der Waals surface area contributed by atoms with E-state index < -0.39 is 0 Å². The monoisotopic (exact) mass is 191 g/mol. The summed E-state index contributed by atoms with van der Waals surface area (Å²) in [6.07, 6.45) is 8.41. The van der Waals surface area contributed by atoms with E-state index in [1.165, 1.54) is 5.56 Å². The first kappa shape index (κ1) is 8.80. The topological polar surface area (TPSA) is 61.7 Å². The third-order valence-electron chi connectivity index (χ3n) is 2.07. The Hall–Kier alpha value is -1.78. The normalized spacial score (nSPS) is 10.6. The lowest BCUT2D eigenvalue weighted by Gasteiger charge is -1.98. The minimum atomic E-state index is 0.566. The zero-order valence-electron chi connectivity index (χ0n) is 8.09. The number of aromatic nitrogens is 4. The number of hydrogen-bond acceptors (Lipinski definition) is 3. The smallest absolute Gasteiger partial charge is 0.141 e. The van der Waals surface area contributed by atoms with Gasteiger partial charge in [-0.2, -0.15) is 5.10 Å². The maximum absolute atomic E-state index is 5.50. The van der Waals surface area contributed by atoms with Gasteiger partial charge in [-0.15, -0.1) is 0 Å². The van der Waals surface area contributed by atoms with Crippen LogP contribution in [0.3, 0.4) is 0 Å². The molecule has 0 spiro atoms. The number of aryl methyl sites for hydroxylation is 3. The zero-order chi connectivity index (χ0) is 9.97. The highest BCUT2D eigenvalue weighted by Gasteiger charge is 1.97. The van der Waals surface area contributed by atoms with Crippen molar-refractivity contribution in [3.8, 4) is 0 Å². The lowest BCUT2D eigenvalue weighted by Crippen LogP contribution is -1.97. The van der Waals surface area contributed by atoms with Crippen LogP contribution in [0.4, 0.5) is 5.82 Å². The molecule has 2 heterocycles. The van der Waals surface area contributed by atoms with Gasteiger partial charge in [0, 0.05) is 26.0 Å². The molecule has 0 unspecified atom stereocenters. The first-order chi connectivity index (χ1) is 6.74. The number of rotatable bonds is 3. The predicted octanol–water partition coefficient (Wildman–Crippen LogP) is 0.441. The third kappa shape index (κ3) is 1.93. The maximum atomic E-state index is 5.50. The summed E-state index contributed by atoms with van der Waals surface area (Å²) in [5, 5.41) is 4.10. The second kappa shape index (κ2) is 3.53. The van der Waals surface area contributed by atoms with E-state index in [4.69, 9.17) is 5.73 Å². The van der Waals surface area contributed by atoms with Crippen molar-refractivity contribution >= 4 is 5.82 Å². The van der Waals surface area contributed by atoms with Gasteiger partial charge in [-0.05, 0) is 12.0 Å². The second-order valence-electron chi connectivity index (χ2n) is 3.31. The molecule has 2 rings (SSSR count). The molecule has 0 aliphatic rings. The lowest BCUT2D eigenvalue weighted by molar-refractivity contribution is 0.694. The Bertz CT molecular complexity index is 374. The summed E-state index contributed by atoms with van der Waals surface area (Å²) in [7, 11) is 1.92. The fourth-order valence-electron chi connectivity index (χ4n) is 1.36. The van der Waals surface area contributed by atoms with Gasteiger partial charge in [0.2, 0.25) is 0 Å². The van der Waals surface area contributed by atoms with Gasteiger partial charge in [0.15, 0.2) is 0 Å². The van der Waals surface area contributed by atoms with Crippen LogP contribution in [0.5, 0.6) is 0 Å². The Morgan fingerprint density at radius 1 is 1.43 bits per heavy atom. The average Bonchev–Trinajstić information content (AvgIpc) is 2.72. The Kier molecular flexibility index (Phi) is 2.22. The van der Waals surface area contributed by atoms with E-state index in [9.17, 15) is 0 Å². The highest BCUT2D eigenvalue weighted by molar-refractivity contribution is 5.22. The molecule has 14 heavy (non-hydrogen) atoms. The predicted molar refractivity (Wildman–Crippen MR) is 53.6 cm³/mol. The van der Waals surface area contributed by atoms with Gasteiger partial charge >= 0.3 is 0 Å². The summed E-state index contributed by atoms with van der Waals surface area (Å²) in [6.45, 7) is 0.885. The lowest BCUT2D eigenvalue weighted by atomic mass is 10.2. The minimum Gasteiger partial charge on any atom is -0.382 e. The molecule has 5 heteroatoms. The number of anilines is 1. The van der Waals surface area contributed by atoms with E-state index in [0.29, 0.717) is 5.82 Å². The molecule has 0 bridgehead atoms. The van der Waals surface area contributed by atoms with Gasteiger partial charge in [-0.3, -0.25) is 4.68 Å². The number of nitrogens with zero attached hydrogens (tertiary/aromatic N) is 4. The summed E-state index contributed by atoms with van der Waals surface area (Å²) >= 11 is 0. The third-order valence-corrected chi connectivity index (χ3v) is 2.07. The Morgan fingerprint density at radius 2 is 2.29 bits per heavy atom. The molecule has 0 aliphatic carbocycles. The molecule has 0 amide bonds. The van der Waals surface area contributed by atoms with Crippen molar-refractivity contribution < 1.29 is 0 Å². The molecule has 0 atom stereocenters. The molecular formula is C9H13N5. The molecule has 0 fully saturated rings. The number of nitrogens with two attached hydrogens (primary N) is 1. The van der Waals surface area contributed by atoms with Crippen LogP contribution in [0.15, 0.2) is 24.9 Å². The number of imidazole rings is 1. The van der Waals surface area contributed by atoms with Crippen molar-refractivity contribution in [2.24, 2.45) is 7.05 Å². The molecule has 2 aromatic rings. The van der Waals surface area contributed by atoms with E-state index in [0.717, 1.165) is 13.0 Å². The fraction of sp³-hybridized carbons (Fsp3) is 0.333. The summed E-state index contributed by atoms with van der Waals surface area (Å²) in [4.78, 5) is 3.95. The molecule has 0 aliphatic heterocycles. The molecule has 5 nitrogen and oxygen atoms in total. The van der Waals surface area contributed by atoms with Crippen LogP contribution in [0, 0.1) is 0 Å². The molecule has 0 saturated carbocycles. The van der Waals surface area contributed by atoms with Crippen LogP contribution in [-0.4, -0.2) is 19.3 Å². The zero-order valence-corrected chi connectivity index (χ0v) is 8.09. The highest BCUT2D eigenvalue weighted by atomic mass is 15.2. The SMILES string of the molecule is Cn1cc(CCn2cnc(N)c2)cn1. The van der Waals surface area contributed by atoms with Gasteiger partial charge in [0.1, 0.15) is 5.82 Å². The van der Waals surface area contributed by atoms with Crippen LogP contribution < -0.4 is 5.73 Å². The van der Waals surface area contributed by atoms with Gasteiger partial charge < -0.3 is 10.3 Å². The molecule has 0 radical (unpaired) electrons. The largest absolute Gasteiger partial charge is 0.382 e. The van der Waals surface area contributed by atoms with Crippen molar-refractivity contribution in [3.05, 3.63) is 30.5 Å². The molecular weight excluding hydrogens is 178 g/mol. The van der Waals surface area contributed by atoms with Crippen LogP contribution in [-0.2, 0) is 20.0 Å². The van der Waals surface area contributed by atoms with Crippen molar-refractivity contribution in [1.29, 1.82) is 0 Å². The van der Waals surface area contributed by atoms with Crippen LogP contribution in [0.2, 0.25) is 0 Å². The highest BCUT2D eigenvalue weighted by Crippen LogP contribution is 2.02. The van der Waals surface area contributed by atoms with Crippen molar-refractivity contribution in [2.45, 2.75) is 13.0 Å². The van der Waals surface area contributed by atoms with Crippen LogP contribution in [0.25, 0.3) is 0 Å². The molecule has 2 N–H and O–H groups in total. The van der Waals surface area contributed by atoms with Gasteiger partial charge in [0.25, 0.3) is 0 Å². The quantitative estimate of drug-likeness (QED) is 0.765. The minimum absolute atomic E-state index is 0.566. The maximum Gasteiger partial charge on any atom is 0.141 e. The van der Waals surface area contributed by atoms with E-state index in [1.54, 1.807) is 11.0 Å². The average molecular weight is 191 g/mol. The first-order valence-corrected chi connectivity index (χ1v) is 4.49. The van der Waals surface area contributed by atoms with E-state index in [2.05, 4.69) is 10.1 Å². The van der Waals surface area contributed by atoms with Crippen LogP contribution in [0.1, 0.15) is 5.56 Å². The first-order valence-electron chi connectivity index (χ1n) is 4.49. The molecule has 74 valence electrons. The van der Waals surface area contributed by atoms with E-state index in [-0.39, 0.29) is 0 Å². The molecule has 0 aromatic carbocycles. The van der Waals surface area contributed by atoms with Gasteiger partial charge in [-0.25, -0.2) is 4.98 Å². The van der Waals surface area contributed by atoms with Crippen LogP contribution >= 0.6 is 0 Å². The second-order valence-corrected chi connectivity index (χ2v) is 3.31. The summed E-state index contributed by atoms with van der Waals surface area (Å²) in [5.74, 6) is 0.566. The van der Waals surface area contributed by atoms with Crippen molar-refractivity contribution in [1.82, 2.24) is 19.3 Å². The van der Waals surface area contributed by atoms with E-state index in [1.807, 2.05) is 30.2 Å². The number of hydrogen-bond donors (Lipinski definition) is 1. The van der Waals surface area contributed by atoms with Crippen molar-refractivity contribution in [2.75, 3.05) is 5.73 Å². The summed E-state index contributed by atoms with van der Waals surface area (Å²) in [6, 6.07) is 0. The summed E-state index contributed by atoms with van der Waals surface area (Å²) in [5.41, 5.74) is 6.73. The fourth-order valence-corrected chi connectivity index (χ4v) is 1.36. The Balaban J connectivity index is 1.94. The van der Waals surface area contributed by atoms with Crippen molar-refractivity contribution in [3.63, 3.8) is 0 Å². The Morgan fingerprint density at radius 3 is 2.86 bits per heavy atom. The molecule has 0 saturated heterocycles. The van der Waals surface area contributed by atoms with Gasteiger partial charge in [0.05, 0.1) is 12.5 Å². The number of nitrogen functional groups attached to an aromatic ring is 1. The molecule has 2 aromatic heterocycles. The van der Waals surface area contributed by atoms with E-state index >= 15 is 0 Å². The van der Waals surface area contributed by atoms with Gasteiger partial charge in [-0.1, -0.05) is 0 Å². The standard InChI is InChI=1S/C9H13N5/c1-13-5-8(4-12-13)2-3-14-6-9(10)11-7-14/h4-7H,2-3,10H2,1H3. The Labute approximate surface area is 82.2 Å². The summed E-state index contributed by atoms with van der Waals surface area (Å²) < 4.78 is 3.78.